The summed E-state index contributed by atoms with van der Waals surface area (Å²) in [6.07, 6.45) is 0. The van der Waals surface area contributed by atoms with Gasteiger partial charge in [0.25, 0.3) is 5.91 Å². The first-order chi connectivity index (χ1) is 9.45. The Bertz CT molecular complexity index is 612. The number of hydrogen-bond donors (Lipinski definition) is 0. The summed E-state index contributed by atoms with van der Waals surface area (Å²) in [5.41, 5.74) is -1.37. The average molecular weight is 350 g/mol. The SMILES string of the molecule is CON(C)C(=O)c1cc([N+](C)(C)[O-])cc(S(F)(F)(F)(F)F)c1. The maximum absolute atomic E-state index is 13.0. The maximum atomic E-state index is 13.0. The van der Waals surface area contributed by atoms with Gasteiger partial charge in [-0.2, -0.15) is 0 Å². The van der Waals surface area contributed by atoms with Gasteiger partial charge in [-0.3, -0.25) is 9.63 Å². The lowest BCUT2D eigenvalue weighted by Gasteiger charge is -2.42. The number of quaternary nitrogens is 1. The molecule has 0 radical (unpaired) electrons. The van der Waals surface area contributed by atoms with Crippen LogP contribution in [0.15, 0.2) is 23.1 Å². The number of hydrogen-bond acceptors (Lipinski definition) is 3. The quantitative estimate of drug-likeness (QED) is 0.468. The Hall–Kier alpha value is -1.43. The fourth-order valence-corrected chi connectivity index (χ4v) is 2.20. The normalized spacial score (nSPS) is 15.9. The molecule has 0 aliphatic rings. The van der Waals surface area contributed by atoms with Crippen LogP contribution >= 0.6 is 10.2 Å². The molecule has 0 aliphatic heterocycles. The molecular formula is C11H15F5N2O3S. The zero-order valence-electron chi connectivity index (χ0n) is 12.1. The van der Waals surface area contributed by atoms with Gasteiger partial charge >= 0.3 is 10.2 Å². The molecule has 0 bridgehead atoms. The van der Waals surface area contributed by atoms with Gasteiger partial charge in [-0.05, 0) is 6.07 Å². The molecular weight excluding hydrogens is 335 g/mol. The van der Waals surface area contributed by atoms with Crippen LogP contribution in [0.5, 0.6) is 0 Å². The van der Waals surface area contributed by atoms with Gasteiger partial charge in [-0.15, -0.1) is 0 Å². The molecule has 0 saturated carbocycles. The Balaban J connectivity index is 3.67. The van der Waals surface area contributed by atoms with E-state index >= 15 is 0 Å². The van der Waals surface area contributed by atoms with E-state index in [1.807, 2.05) is 0 Å². The third-order valence-corrected chi connectivity index (χ3v) is 3.89. The smallest absolute Gasteiger partial charge is 0.310 e. The Morgan fingerprint density at radius 3 is 2.05 bits per heavy atom. The lowest BCUT2D eigenvalue weighted by molar-refractivity contribution is -0.0757. The molecule has 0 aromatic heterocycles. The van der Waals surface area contributed by atoms with Crippen LogP contribution in [0, 0.1) is 5.21 Å². The monoisotopic (exact) mass is 350 g/mol. The fourth-order valence-electron chi connectivity index (χ4n) is 1.51. The van der Waals surface area contributed by atoms with Gasteiger partial charge < -0.3 is 9.85 Å². The molecule has 5 nitrogen and oxygen atoms in total. The third-order valence-electron chi connectivity index (χ3n) is 2.77. The number of carbonyl (C=O) groups excluding carboxylic acids is 1. The standard InChI is InChI=1S/C11H15F5N2O3S/c1-17(21-4)11(19)8-5-9(18(2,3)20)7-10(6-8)22(12,13,14,15)16/h5-7H,1-4H3. The van der Waals surface area contributed by atoms with E-state index < -0.39 is 36.9 Å². The van der Waals surface area contributed by atoms with Crippen LogP contribution in [0.1, 0.15) is 10.4 Å². The fraction of sp³-hybridized carbons (Fsp3) is 0.364. The van der Waals surface area contributed by atoms with Crippen molar-refractivity contribution in [1.82, 2.24) is 9.71 Å². The summed E-state index contributed by atoms with van der Waals surface area (Å²) < 4.78 is 63.5. The lowest BCUT2D eigenvalue weighted by Crippen LogP contribution is -2.33. The molecule has 22 heavy (non-hydrogen) atoms. The number of rotatable bonds is 4. The van der Waals surface area contributed by atoms with E-state index in [1.54, 1.807) is 0 Å². The lowest BCUT2D eigenvalue weighted by atomic mass is 10.1. The highest BCUT2D eigenvalue weighted by molar-refractivity contribution is 8.45. The van der Waals surface area contributed by atoms with Crippen LogP contribution in [-0.2, 0) is 4.84 Å². The Labute approximate surface area is 123 Å². The minimum Gasteiger partial charge on any atom is -0.628 e. The van der Waals surface area contributed by atoms with Gasteiger partial charge in [0.05, 0.1) is 21.2 Å². The van der Waals surface area contributed by atoms with E-state index in [1.165, 1.54) is 0 Å². The molecule has 1 amide bonds. The molecule has 0 unspecified atom stereocenters. The Morgan fingerprint density at radius 1 is 1.18 bits per heavy atom. The highest BCUT2D eigenvalue weighted by Crippen LogP contribution is 3.02. The third kappa shape index (κ3) is 4.29. The zero-order chi connectivity index (χ0) is 17.6. The Morgan fingerprint density at radius 2 is 1.68 bits per heavy atom. The van der Waals surface area contributed by atoms with Gasteiger partial charge in [-0.25, -0.2) is 5.06 Å². The minimum absolute atomic E-state index is 0.0125. The van der Waals surface area contributed by atoms with Gasteiger partial charge in [0.1, 0.15) is 10.6 Å². The van der Waals surface area contributed by atoms with Gasteiger partial charge in [0.15, 0.2) is 0 Å². The average Bonchev–Trinajstić information content (AvgIpc) is 2.32. The molecule has 0 heterocycles. The van der Waals surface area contributed by atoms with Crippen molar-refractivity contribution in [2.75, 3.05) is 28.3 Å². The number of carbonyl (C=O) groups is 1. The number of hydroxylamine groups is 4. The highest BCUT2D eigenvalue weighted by Gasteiger charge is 2.66. The van der Waals surface area contributed by atoms with Crippen LogP contribution < -0.4 is 4.65 Å². The molecule has 11 heteroatoms. The second kappa shape index (κ2) is 4.54. The van der Waals surface area contributed by atoms with Crippen molar-refractivity contribution >= 4 is 21.8 Å². The van der Waals surface area contributed by atoms with Gasteiger partial charge in [0, 0.05) is 24.7 Å². The van der Waals surface area contributed by atoms with Crippen LogP contribution in [0.4, 0.5) is 25.1 Å². The van der Waals surface area contributed by atoms with E-state index in [4.69, 9.17) is 0 Å². The number of benzene rings is 1. The van der Waals surface area contributed by atoms with Crippen LogP contribution in [-0.4, -0.2) is 39.2 Å². The zero-order valence-corrected chi connectivity index (χ0v) is 13.0. The largest absolute Gasteiger partial charge is 0.628 e. The minimum atomic E-state index is -10.0. The molecule has 0 spiro atoms. The highest BCUT2D eigenvalue weighted by atomic mass is 32.5. The first kappa shape index (κ1) is 18.6. The number of nitrogens with zero attached hydrogens (tertiary/aromatic N) is 2. The second-order valence-corrected chi connectivity index (χ2v) is 7.43. The maximum Gasteiger partial charge on any atom is 0.310 e. The van der Waals surface area contributed by atoms with Crippen molar-refractivity contribution in [3.63, 3.8) is 0 Å². The molecule has 0 atom stereocenters. The van der Waals surface area contributed by atoms with Crippen molar-refractivity contribution in [1.29, 1.82) is 0 Å². The summed E-state index contributed by atoms with van der Waals surface area (Å²) >= 11 is 0. The molecule has 0 N–H and O–H groups in total. The van der Waals surface area contributed by atoms with Gasteiger partial charge in [0.2, 0.25) is 0 Å². The molecule has 1 rings (SSSR count). The van der Waals surface area contributed by atoms with Crippen LogP contribution in [0.3, 0.4) is 0 Å². The summed E-state index contributed by atoms with van der Waals surface area (Å²) in [5.74, 6) is -1.10. The predicted octanol–water partition coefficient (Wildman–Crippen LogP) is 4.04. The van der Waals surface area contributed by atoms with Gasteiger partial charge in [-0.1, -0.05) is 19.4 Å². The first-order valence-electron chi connectivity index (χ1n) is 5.72. The summed E-state index contributed by atoms with van der Waals surface area (Å²) in [7, 11) is -6.00. The summed E-state index contributed by atoms with van der Waals surface area (Å²) in [4.78, 5) is 14.0. The van der Waals surface area contributed by atoms with E-state index in [0.29, 0.717) is 5.06 Å². The number of amides is 1. The molecule has 1 aromatic rings. The number of halogens is 5. The van der Waals surface area contributed by atoms with E-state index in [9.17, 15) is 29.4 Å². The van der Waals surface area contributed by atoms with E-state index in [0.717, 1.165) is 34.3 Å². The first-order valence-corrected chi connectivity index (χ1v) is 7.68. The van der Waals surface area contributed by atoms with Crippen molar-refractivity contribution in [2.24, 2.45) is 0 Å². The van der Waals surface area contributed by atoms with Crippen molar-refractivity contribution in [2.45, 2.75) is 4.90 Å². The molecule has 0 fully saturated rings. The van der Waals surface area contributed by atoms with E-state index in [-0.39, 0.29) is 12.1 Å². The molecule has 0 aliphatic carbocycles. The van der Waals surface area contributed by atoms with Crippen molar-refractivity contribution in [3.8, 4) is 0 Å². The summed E-state index contributed by atoms with van der Waals surface area (Å²) in [6.45, 7) is 0. The summed E-state index contributed by atoms with van der Waals surface area (Å²) in [5, 5.41) is 12.3. The summed E-state index contributed by atoms with van der Waals surface area (Å²) in [6, 6.07) is 0.883. The second-order valence-electron chi connectivity index (χ2n) is 5.02. The van der Waals surface area contributed by atoms with E-state index in [2.05, 4.69) is 4.84 Å². The topological polar surface area (TPSA) is 52.6 Å². The van der Waals surface area contributed by atoms with Crippen LogP contribution in [0.2, 0.25) is 0 Å². The molecule has 1 aromatic carbocycles. The molecule has 0 saturated heterocycles. The van der Waals surface area contributed by atoms with Crippen molar-refractivity contribution < 1.29 is 29.1 Å². The van der Waals surface area contributed by atoms with Crippen LogP contribution in [0.25, 0.3) is 0 Å². The predicted molar refractivity (Wildman–Crippen MR) is 74.0 cm³/mol. The molecule has 128 valence electrons. The van der Waals surface area contributed by atoms with Crippen molar-refractivity contribution in [3.05, 3.63) is 29.0 Å². The Kier molecular flexibility index (Phi) is 3.84.